The number of ether oxygens (including phenoxy) is 2. The zero-order valence-corrected chi connectivity index (χ0v) is 13.8. The molecule has 5 nitrogen and oxygen atoms in total. The maximum atomic E-state index is 5.46. The monoisotopic (exact) mass is 323 g/mol. The highest BCUT2D eigenvalue weighted by Gasteiger charge is 2.18. The van der Waals surface area contributed by atoms with E-state index in [0.717, 1.165) is 49.6 Å². The molecule has 5 heteroatoms. The fraction of sp³-hybridized carbons (Fsp3) is 0.316. The molecule has 0 radical (unpaired) electrons. The number of aromatic nitrogens is 2. The van der Waals surface area contributed by atoms with Crippen molar-refractivity contribution in [2.45, 2.75) is 6.54 Å². The van der Waals surface area contributed by atoms with Crippen LogP contribution in [0.1, 0.15) is 5.69 Å². The first-order valence-corrected chi connectivity index (χ1v) is 8.25. The van der Waals surface area contributed by atoms with Crippen molar-refractivity contribution in [3.05, 3.63) is 48.3 Å². The molecule has 0 bridgehead atoms. The number of aromatic amines is 1. The van der Waals surface area contributed by atoms with E-state index in [2.05, 4.69) is 33.1 Å². The maximum Gasteiger partial charge on any atom is 0.138 e. The molecule has 0 amide bonds. The molecule has 0 spiro atoms. The summed E-state index contributed by atoms with van der Waals surface area (Å²) in [6, 6.07) is 12.3. The average molecular weight is 323 g/mol. The van der Waals surface area contributed by atoms with Gasteiger partial charge in [-0.15, -0.1) is 0 Å². The Bertz CT molecular complexity index is 820. The molecule has 24 heavy (non-hydrogen) atoms. The number of pyridine rings is 1. The van der Waals surface area contributed by atoms with Gasteiger partial charge >= 0.3 is 0 Å². The normalized spacial score (nSPS) is 15.7. The van der Waals surface area contributed by atoms with Crippen LogP contribution in [0.15, 0.2) is 42.6 Å². The first kappa shape index (κ1) is 15.2. The average Bonchev–Trinajstić information content (AvgIpc) is 3.00. The summed E-state index contributed by atoms with van der Waals surface area (Å²) in [5, 5.41) is 1.16. The Balaban J connectivity index is 1.76. The van der Waals surface area contributed by atoms with Crippen molar-refractivity contribution >= 4 is 11.0 Å². The molecule has 4 rings (SSSR count). The second-order valence-corrected chi connectivity index (χ2v) is 6.00. The summed E-state index contributed by atoms with van der Waals surface area (Å²) < 4.78 is 10.7. The van der Waals surface area contributed by atoms with Crippen molar-refractivity contribution in [2.75, 3.05) is 33.4 Å². The zero-order chi connectivity index (χ0) is 16.4. The number of methoxy groups -OCH3 is 1. The van der Waals surface area contributed by atoms with E-state index in [4.69, 9.17) is 9.47 Å². The number of rotatable bonds is 4. The summed E-state index contributed by atoms with van der Waals surface area (Å²) in [7, 11) is 1.69. The summed E-state index contributed by atoms with van der Waals surface area (Å²) in [5.74, 6) is 0.867. The van der Waals surface area contributed by atoms with Gasteiger partial charge in [-0.2, -0.15) is 0 Å². The van der Waals surface area contributed by atoms with E-state index in [1.807, 2.05) is 24.4 Å². The highest BCUT2D eigenvalue weighted by Crippen LogP contribution is 2.33. The van der Waals surface area contributed by atoms with Gasteiger partial charge in [-0.05, 0) is 29.8 Å². The molecular formula is C19H21N3O2. The molecule has 0 atom stereocenters. The molecule has 124 valence electrons. The number of morpholine rings is 1. The van der Waals surface area contributed by atoms with Crippen molar-refractivity contribution in [1.82, 2.24) is 14.9 Å². The Hall–Kier alpha value is -2.37. The number of nitrogens with one attached hydrogen (secondary N) is 1. The first-order valence-electron chi connectivity index (χ1n) is 8.25. The molecule has 0 unspecified atom stereocenters. The van der Waals surface area contributed by atoms with E-state index in [-0.39, 0.29) is 0 Å². The molecule has 0 aliphatic carbocycles. The van der Waals surface area contributed by atoms with E-state index in [1.54, 1.807) is 7.11 Å². The van der Waals surface area contributed by atoms with Gasteiger partial charge in [0, 0.05) is 42.5 Å². The molecule has 1 saturated heterocycles. The lowest BCUT2D eigenvalue weighted by Crippen LogP contribution is -2.35. The largest absolute Gasteiger partial charge is 0.497 e. The molecule has 1 aliphatic rings. The Morgan fingerprint density at radius 2 is 1.96 bits per heavy atom. The number of H-pyrrole nitrogens is 1. The van der Waals surface area contributed by atoms with Crippen molar-refractivity contribution < 1.29 is 9.47 Å². The number of hydrogen-bond donors (Lipinski definition) is 1. The fourth-order valence-corrected chi connectivity index (χ4v) is 3.26. The first-order chi connectivity index (χ1) is 11.8. The van der Waals surface area contributed by atoms with Crippen LogP contribution < -0.4 is 4.74 Å². The Morgan fingerprint density at radius 1 is 1.17 bits per heavy atom. The van der Waals surface area contributed by atoms with Gasteiger partial charge in [-0.3, -0.25) is 4.90 Å². The molecule has 1 fully saturated rings. The van der Waals surface area contributed by atoms with Crippen LogP contribution in [0.5, 0.6) is 5.75 Å². The van der Waals surface area contributed by atoms with E-state index in [9.17, 15) is 0 Å². The smallest absolute Gasteiger partial charge is 0.138 e. The highest BCUT2D eigenvalue weighted by molar-refractivity contribution is 5.95. The second-order valence-electron chi connectivity index (χ2n) is 6.00. The number of benzene rings is 1. The van der Waals surface area contributed by atoms with Crippen LogP contribution in [-0.2, 0) is 11.3 Å². The van der Waals surface area contributed by atoms with Crippen LogP contribution >= 0.6 is 0 Å². The van der Waals surface area contributed by atoms with E-state index >= 15 is 0 Å². The van der Waals surface area contributed by atoms with Crippen molar-refractivity contribution in [2.24, 2.45) is 0 Å². The third kappa shape index (κ3) is 2.88. The molecular weight excluding hydrogens is 302 g/mol. The van der Waals surface area contributed by atoms with Crippen LogP contribution in [0.2, 0.25) is 0 Å². The highest BCUT2D eigenvalue weighted by atomic mass is 16.5. The Morgan fingerprint density at radius 3 is 2.71 bits per heavy atom. The number of nitrogens with zero attached hydrogens (tertiary/aromatic N) is 2. The van der Waals surface area contributed by atoms with Crippen molar-refractivity contribution in [3.8, 4) is 16.9 Å². The van der Waals surface area contributed by atoms with Gasteiger partial charge in [0.15, 0.2) is 0 Å². The van der Waals surface area contributed by atoms with Crippen molar-refractivity contribution in [1.29, 1.82) is 0 Å². The second kappa shape index (κ2) is 6.63. The van der Waals surface area contributed by atoms with Gasteiger partial charge in [-0.25, -0.2) is 4.98 Å². The van der Waals surface area contributed by atoms with Gasteiger partial charge in [0.2, 0.25) is 0 Å². The molecule has 1 aliphatic heterocycles. The summed E-state index contributed by atoms with van der Waals surface area (Å²) in [6.07, 6.45) is 1.83. The van der Waals surface area contributed by atoms with Crippen LogP contribution in [0.4, 0.5) is 0 Å². The summed E-state index contributed by atoms with van der Waals surface area (Å²) in [5.41, 5.74) is 4.55. The summed E-state index contributed by atoms with van der Waals surface area (Å²) in [6.45, 7) is 4.41. The fourth-order valence-electron chi connectivity index (χ4n) is 3.26. The van der Waals surface area contributed by atoms with Gasteiger partial charge in [0.1, 0.15) is 11.4 Å². The minimum atomic E-state index is 0.802. The van der Waals surface area contributed by atoms with Gasteiger partial charge < -0.3 is 14.5 Å². The molecule has 1 N–H and O–H groups in total. The Labute approximate surface area is 141 Å². The zero-order valence-electron chi connectivity index (χ0n) is 13.8. The third-order valence-electron chi connectivity index (χ3n) is 4.51. The van der Waals surface area contributed by atoms with Crippen LogP contribution in [-0.4, -0.2) is 48.3 Å². The maximum absolute atomic E-state index is 5.46. The lowest BCUT2D eigenvalue weighted by atomic mass is 10.0. The number of fused-ring (bicyclic) bond motifs is 1. The minimum Gasteiger partial charge on any atom is -0.497 e. The van der Waals surface area contributed by atoms with Crippen LogP contribution in [0, 0.1) is 0 Å². The van der Waals surface area contributed by atoms with Gasteiger partial charge in [0.25, 0.3) is 0 Å². The van der Waals surface area contributed by atoms with Crippen molar-refractivity contribution in [3.63, 3.8) is 0 Å². The lowest BCUT2D eigenvalue weighted by Gasteiger charge is -2.26. The quantitative estimate of drug-likeness (QED) is 0.802. The SMILES string of the molecule is COc1ccc(-c2c(CN3CCOCC3)[nH]c3ncccc23)cc1. The number of hydrogen-bond acceptors (Lipinski definition) is 4. The van der Waals surface area contributed by atoms with E-state index < -0.39 is 0 Å². The third-order valence-corrected chi connectivity index (χ3v) is 4.51. The van der Waals surface area contributed by atoms with E-state index in [1.165, 1.54) is 16.8 Å². The predicted octanol–water partition coefficient (Wildman–Crippen LogP) is 3.07. The van der Waals surface area contributed by atoms with Gasteiger partial charge in [0.05, 0.1) is 20.3 Å². The summed E-state index contributed by atoms with van der Waals surface area (Å²) in [4.78, 5) is 10.4. The van der Waals surface area contributed by atoms with Crippen LogP contribution in [0.25, 0.3) is 22.2 Å². The Kier molecular flexibility index (Phi) is 4.19. The standard InChI is InChI=1S/C19H21N3O2/c1-23-15-6-4-14(5-7-15)18-16-3-2-8-20-19(16)21-17(18)13-22-9-11-24-12-10-22/h2-8H,9-13H2,1H3,(H,20,21). The predicted molar refractivity (Wildman–Crippen MR) is 94.2 cm³/mol. The molecule has 3 heterocycles. The molecule has 1 aromatic carbocycles. The minimum absolute atomic E-state index is 0.802. The summed E-state index contributed by atoms with van der Waals surface area (Å²) >= 11 is 0. The topological polar surface area (TPSA) is 50.4 Å². The van der Waals surface area contributed by atoms with Gasteiger partial charge in [-0.1, -0.05) is 12.1 Å². The van der Waals surface area contributed by atoms with Crippen LogP contribution in [0.3, 0.4) is 0 Å². The molecule has 3 aromatic rings. The molecule has 2 aromatic heterocycles. The molecule has 0 saturated carbocycles. The lowest BCUT2D eigenvalue weighted by molar-refractivity contribution is 0.0338. The van der Waals surface area contributed by atoms with E-state index in [0.29, 0.717) is 0 Å².